The van der Waals surface area contributed by atoms with Crippen molar-refractivity contribution in [2.75, 3.05) is 0 Å². The minimum absolute atomic E-state index is 0.0445. The molecular formula is C20H17F3O3. The van der Waals surface area contributed by atoms with Crippen molar-refractivity contribution < 1.29 is 27.8 Å². The molecule has 2 aromatic carbocycles. The molecule has 1 saturated carbocycles. The third-order valence-electron chi connectivity index (χ3n) is 5.22. The van der Waals surface area contributed by atoms with Crippen LogP contribution >= 0.6 is 0 Å². The number of rotatable bonds is 4. The zero-order valence-corrected chi connectivity index (χ0v) is 13.8. The van der Waals surface area contributed by atoms with Crippen molar-refractivity contribution in [3.63, 3.8) is 0 Å². The summed E-state index contributed by atoms with van der Waals surface area (Å²) in [5.74, 6) is -0.470. The number of aliphatic carboxylic acids is 1. The van der Waals surface area contributed by atoms with Gasteiger partial charge in [-0.3, -0.25) is 4.79 Å². The summed E-state index contributed by atoms with van der Waals surface area (Å²) in [7, 11) is 0. The van der Waals surface area contributed by atoms with Gasteiger partial charge in [0, 0.05) is 0 Å². The van der Waals surface area contributed by atoms with Crippen LogP contribution in [0.25, 0.3) is 0 Å². The maximum Gasteiger partial charge on any atom is 0.416 e. The van der Waals surface area contributed by atoms with E-state index in [9.17, 15) is 18.0 Å². The molecule has 3 atom stereocenters. The summed E-state index contributed by atoms with van der Waals surface area (Å²) in [6.45, 7) is 0. The van der Waals surface area contributed by atoms with Crippen molar-refractivity contribution in [1.29, 1.82) is 0 Å². The minimum Gasteiger partial charge on any atom is -0.486 e. The number of alkyl halides is 3. The average Bonchev–Trinajstić information content (AvgIpc) is 3.30. The lowest BCUT2D eigenvalue weighted by molar-refractivity contribution is -0.139. The van der Waals surface area contributed by atoms with Gasteiger partial charge in [-0.15, -0.1) is 0 Å². The molecule has 2 aliphatic rings. The highest BCUT2D eigenvalue weighted by atomic mass is 19.4. The lowest BCUT2D eigenvalue weighted by Crippen LogP contribution is -2.09. The standard InChI is InChI=1S/C20H17F3O3/c21-20(22,23)17-3-1-2-14-13(17)8-9-18(14)26-12-6-4-11(5-7-12)15-10-16(15)19(24)25/h1-7,15-16,18H,8-10H2,(H,24,25)/t15-,16+,18+/m0/s1. The van der Waals surface area contributed by atoms with Crippen LogP contribution in [0.1, 0.15) is 47.1 Å². The van der Waals surface area contributed by atoms with Gasteiger partial charge >= 0.3 is 12.1 Å². The quantitative estimate of drug-likeness (QED) is 0.836. The molecule has 0 unspecified atom stereocenters. The van der Waals surface area contributed by atoms with Crippen LogP contribution in [0.4, 0.5) is 13.2 Å². The highest BCUT2D eigenvalue weighted by molar-refractivity contribution is 5.75. The fourth-order valence-corrected chi connectivity index (χ4v) is 3.80. The van der Waals surface area contributed by atoms with E-state index in [1.807, 2.05) is 12.1 Å². The van der Waals surface area contributed by atoms with Crippen molar-refractivity contribution >= 4 is 5.97 Å². The van der Waals surface area contributed by atoms with Gasteiger partial charge < -0.3 is 9.84 Å². The van der Waals surface area contributed by atoms with Crippen LogP contribution in [0.5, 0.6) is 5.75 Å². The van der Waals surface area contributed by atoms with Gasteiger partial charge in [-0.2, -0.15) is 13.2 Å². The Morgan fingerprint density at radius 1 is 1.12 bits per heavy atom. The lowest BCUT2D eigenvalue weighted by atomic mass is 10.0. The predicted octanol–water partition coefficient (Wildman–Crippen LogP) is 4.96. The molecule has 0 aliphatic heterocycles. The molecule has 0 saturated heterocycles. The van der Waals surface area contributed by atoms with Gasteiger partial charge in [-0.05, 0) is 60.1 Å². The van der Waals surface area contributed by atoms with Gasteiger partial charge in [0.1, 0.15) is 11.9 Å². The fourth-order valence-electron chi connectivity index (χ4n) is 3.80. The first-order chi connectivity index (χ1) is 12.3. The molecule has 2 aliphatic carbocycles. The lowest BCUT2D eigenvalue weighted by Gasteiger charge is -2.16. The van der Waals surface area contributed by atoms with E-state index in [0.29, 0.717) is 36.1 Å². The molecule has 2 aromatic rings. The number of benzene rings is 2. The first-order valence-electron chi connectivity index (χ1n) is 8.53. The Labute approximate surface area is 148 Å². The van der Waals surface area contributed by atoms with Crippen LogP contribution in [0.3, 0.4) is 0 Å². The second-order valence-corrected chi connectivity index (χ2v) is 6.87. The SMILES string of the molecule is O=C(O)[C@@H]1C[C@H]1c1ccc(O[C@@H]2CCc3c2cccc3C(F)(F)F)cc1. The number of hydrogen-bond donors (Lipinski definition) is 1. The molecule has 0 radical (unpaired) electrons. The maximum atomic E-state index is 13.1. The molecule has 0 spiro atoms. The number of halogens is 3. The van der Waals surface area contributed by atoms with Gasteiger partial charge in [-0.1, -0.05) is 24.3 Å². The number of carboxylic acids is 1. The van der Waals surface area contributed by atoms with Gasteiger partial charge in [0.25, 0.3) is 0 Å². The molecule has 0 bridgehead atoms. The van der Waals surface area contributed by atoms with E-state index in [1.54, 1.807) is 18.2 Å². The first-order valence-corrected chi connectivity index (χ1v) is 8.53. The molecule has 26 heavy (non-hydrogen) atoms. The number of carbonyl (C=O) groups is 1. The summed E-state index contributed by atoms with van der Waals surface area (Å²) in [5.41, 5.74) is 1.29. The summed E-state index contributed by atoms with van der Waals surface area (Å²) in [5, 5.41) is 9.00. The summed E-state index contributed by atoms with van der Waals surface area (Å²) in [6.07, 6.45) is -3.26. The van der Waals surface area contributed by atoms with Gasteiger partial charge in [0.05, 0.1) is 11.5 Å². The van der Waals surface area contributed by atoms with Crippen molar-refractivity contribution in [1.82, 2.24) is 0 Å². The van der Waals surface area contributed by atoms with Gasteiger partial charge in [0.2, 0.25) is 0 Å². The van der Waals surface area contributed by atoms with Crippen molar-refractivity contribution in [2.45, 2.75) is 37.5 Å². The Bertz CT molecular complexity index is 842. The van der Waals surface area contributed by atoms with Crippen LogP contribution in [0.2, 0.25) is 0 Å². The Balaban J connectivity index is 1.50. The normalized spacial score (nSPS) is 24.2. The molecule has 6 heteroatoms. The molecule has 4 rings (SSSR count). The topological polar surface area (TPSA) is 46.5 Å². The highest BCUT2D eigenvalue weighted by Crippen LogP contribution is 2.48. The van der Waals surface area contributed by atoms with Gasteiger partial charge in [-0.25, -0.2) is 0 Å². The summed E-state index contributed by atoms with van der Waals surface area (Å²) < 4.78 is 45.3. The van der Waals surface area contributed by atoms with Crippen LogP contribution < -0.4 is 4.74 Å². The highest BCUT2D eigenvalue weighted by Gasteiger charge is 2.44. The second-order valence-electron chi connectivity index (χ2n) is 6.87. The molecule has 136 valence electrons. The minimum atomic E-state index is -4.35. The monoisotopic (exact) mass is 362 g/mol. The Morgan fingerprint density at radius 3 is 2.46 bits per heavy atom. The van der Waals surface area contributed by atoms with E-state index in [-0.39, 0.29) is 11.8 Å². The molecule has 1 N–H and O–H groups in total. The molecule has 0 heterocycles. The molecule has 0 amide bonds. The zero-order chi connectivity index (χ0) is 18.5. The molecule has 0 aromatic heterocycles. The number of hydrogen-bond acceptors (Lipinski definition) is 2. The Kier molecular flexibility index (Phi) is 3.93. The fraction of sp³-hybridized carbons (Fsp3) is 0.350. The van der Waals surface area contributed by atoms with Crippen LogP contribution in [0.15, 0.2) is 42.5 Å². The predicted molar refractivity (Wildman–Crippen MR) is 88.1 cm³/mol. The van der Waals surface area contributed by atoms with Crippen molar-refractivity contribution in [2.24, 2.45) is 5.92 Å². The van der Waals surface area contributed by atoms with Crippen LogP contribution in [0, 0.1) is 5.92 Å². The van der Waals surface area contributed by atoms with Crippen molar-refractivity contribution in [3.05, 3.63) is 64.7 Å². The average molecular weight is 362 g/mol. The Morgan fingerprint density at radius 2 is 1.85 bits per heavy atom. The van der Waals surface area contributed by atoms with E-state index in [0.717, 1.165) is 11.6 Å². The van der Waals surface area contributed by atoms with E-state index in [2.05, 4.69) is 0 Å². The Hall–Kier alpha value is -2.50. The third-order valence-corrected chi connectivity index (χ3v) is 5.22. The first kappa shape index (κ1) is 16.9. The summed E-state index contributed by atoms with van der Waals surface area (Å²) in [4.78, 5) is 11.0. The number of ether oxygens (including phenoxy) is 1. The van der Waals surface area contributed by atoms with E-state index < -0.39 is 23.8 Å². The smallest absolute Gasteiger partial charge is 0.416 e. The molecule has 3 nitrogen and oxygen atoms in total. The number of carboxylic acid groups (broad SMARTS) is 1. The van der Waals surface area contributed by atoms with Crippen LogP contribution in [-0.2, 0) is 17.4 Å². The maximum absolute atomic E-state index is 13.1. The zero-order valence-electron chi connectivity index (χ0n) is 13.8. The van der Waals surface area contributed by atoms with Gasteiger partial charge in [0.15, 0.2) is 0 Å². The molecule has 1 fully saturated rings. The summed E-state index contributed by atoms with van der Waals surface area (Å²) >= 11 is 0. The van der Waals surface area contributed by atoms with E-state index in [4.69, 9.17) is 9.84 Å². The molecular weight excluding hydrogens is 345 g/mol. The second kappa shape index (κ2) is 6.04. The summed E-state index contributed by atoms with van der Waals surface area (Å²) in [6, 6.07) is 11.4. The third kappa shape index (κ3) is 3.04. The largest absolute Gasteiger partial charge is 0.486 e. The van der Waals surface area contributed by atoms with Crippen molar-refractivity contribution in [3.8, 4) is 5.75 Å². The van der Waals surface area contributed by atoms with E-state index >= 15 is 0 Å². The number of fused-ring (bicyclic) bond motifs is 1. The van der Waals surface area contributed by atoms with Crippen LogP contribution in [-0.4, -0.2) is 11.1 Å². The van der Waals surface area contributed by atoms with E-state index in [1.165, 1.54) is 6.07 Å².